The molecule has 0 aliphatic heterocycles. The summed E-state index contributed by atoms with van der Waals surface area (Å²) < 4.78 is 25.6. The Hall–Kier alpha value is -4.41. The van der Waals surface area contributed by atoms with Gasteiger partial charge in [-0.05, 0) is 24.3 Å². The maximum absolute atomic E-state index is 11.7. The summed E-state index contributed by atoms with van der Waals surface area (Å²) in [4.78, 5) is 57.4. The summed E-state index contributed by atoms with van der Waals surface area (Å²) in [6.45, 7) is 4.42. The minimum Gasteiger partial charge on any atom is -0.478 e. The van der Waals surface area contributed by atoms with E-state index in [0.29, 0.717) is 0 Å². The molecule has 0 heterocycles. The molecule has 0 aliphatic rings. The Morgan fingerprint density at radius 2 is 1.12 bits per heavy atom. The molecule has 0 radical (unpaired) electrons. The summed E-state index contributed by atoms with van der Waals surface area (Å²) in [6, 6.07) is 5.90. The number of ether oxygens (including phenoxy) is 5. The molecule has 0 aromatic heterocycles. The smallest absolute Gasteiger partial charge is 0.339 e. The van der Waals surface area contributed by atoms with Crippen molar-refractivity contribution in [2.24, 2.45) is 0 Å². The number of aromatic carboxylic acids is 1. The van der Waals surface area contributed by atoms with E-state index in [9.17, 15) is 29.1 Å². The lowest BCUT2D eigenvalue weighted by Crippen LogP contribution is -2.11. The van der Waals surface area contributed by atoms with Crippen LogP contribution in [-0.4, -0.2) is 35.0 Å². The molecule has 1 N–H and O–H groups in total. The van der Waals surface area contributed by atoms with Crippen molar-refractivity contribution in [1.29, 1.82) is 0 Å². The molecule has 0 aliphatic carbocycles. The van der Waals surface area contributed by atoms with Gasteiger partial charge in [-0.3, -0.25) is 19.2 Å². The van der Waals surface area contributed by atoms with Gasteiger partial charge in [0.2, 0.25) is 5.75 Å². The maximum atomic E-state index is 11.7. The van der Waals surface area contributed by atoms with E-state index in [0.717, 1.165) is 45.9 Å². The lowest BCUT2D eigenvalue weighted by atomic mass is 10.1. The SMILES string of the molecule is CC(=O)Oc1ccc(Oc2c(C(=O)O)ccc(OC(C)=O)c2OC(C)=O)cc1OC(C)=O. The Kier molecular flexibility index (Phi) is 7.51. The topological polar surface area (TPSA) is 152 Å². The van der Waals surface area contributed by atoms with Gasteiger partial charge >= 0.3 is 29.8 Å². The second kappa shape index (κ2) is 10.1. The number of carboxylic acid groups (broad SMARTS) is 1. The lowest BCUT2D eigenvalue weighted by molar-refractivity contribution is -0.134. The fourth-order valence-electron chi connectivity index (χ4n) is 2.43. The van der Waals surface area contributed by atoms with Gasteiger partial charge < -0.3 is 28.8 Å². The van der Waals surface area contributed by atoms with Crippen LogP contribution < -0.4 is 23.7 Å². The second-order valence-corrected chi connectivity index (χ2v) is 6.16. The van der Waals surface area contributed by atoms with Gasteiger partial charge in [-0.25, -0.2) is 4.79 Å². The van der Waals surface area contributed by atoms with Crippen molar-refractivity contribution >= 4 is 29.8 Å². The number of carboxylic acids is 1. The molecule has 11 nitrogen and oxygen atoms in total. The Morgan fingerprint density at radius 3 is 1.66 bits per heavy atom. The van der Waals surface area contributed by atoms with Gasteiger partial charge in [-0.1, -0.05) is 0 Å². The van der Waals surface area contributed by atoms with Gasteiger partial charge in [0.05, 0.1) is 0 Å². The molecule has 168 valence electrons. The van der Waals surface area contributed by atoms with Crippen molar-refractivity contribution < 1.29 is 52.8 Å². The van der Waals surface area contributed by atoms with Crippen molar-refractivity contribution in [3.63, 3.8) is 0 Å². The summed E-state index contributed by atoms with van der Waals surface area (Å²) in [7, 11) is 0. The zero-order valence-corrected chi connectivity index (χ0v) is 17.4. The van der Waals surface area contributed by atoms with Crippen LogP contribution in [0.3, 0.4) is 0 Å². The molecule has 32 heavy (non-hydrogen) atoms. The van der Waals surface area contributed by atoms with Gasteiger partial charge in [0.15, 0.2) is 23.0 Å². The summed E-state index contributed by atoms with van der Waals surface area (Å²) in [5.41, 5.74) is -0.421. The maximum Gasteiger partial charge on any atom is 0.339 e. The number of carbonyl (C=O) groups excluding carboxylic acids is 4. The first-order chi connectivity index (χ1) is 15.0. The molecule has 0 fully saturated rings. The van der Waals surface area contributed by atoms with Crippen LogP contribution in [0.4, 0.5) is 0 Å². The van der Waals surface area contributed by atoms with E-state index in [1.54, 1.807) is 0 Å². The molecular formula is C21H18O11. The van der Waals surface area contributed by atoms with Crippen molar-refractivity contribution in [2.75, 3.05) is 0 Å². The summed E-state index contributed by atoms with van der Waals surface area (Å²) in [5, 5.41) is 9.54. The third-order valence-electron chi connectivity index (χ3n) is 3.45. The highest BCUT2D eigenvalue weighted by atomic mass is 16.6. The van der Waals surface area contributed by atoms with E-state index in [1.807, 2.05) is 0 Å². The van der Waals surface area contributed by atoms with E-state index < -0.39 is 46.9 Å². The van der Waals surface area contributed by atoms with E-state index >= 15 is 0 Å². The molecule has 0 saturated carbocycles. The first-order valence-electron chi connectivity index (χ1n) is 8.93. The van der Waals surface area contributed by atoms with Crippen LogP contribution in [-0.2, 0) is 19.2 Å². The van der Waals surface area contributed by atoms with Crippen LogP contribution in [0.5, 0.6) is 34.5 Å². The zero-order valence-electron chi connectivity index (χ0n) is 17.4. The molecule has 2 aromatic carbocycles. The van der Waals surface area contributed by atoms with E-state index in [4.69, 9.17) is 23.7 Å². The Balaban J connectivity index is 2.64. The molecule has 0 unspecified atom stereocenters. The Morgan fingerprint density at radius 1 is 0.625 bits per heavy atom. The van der Waals surface area contributed by atoms with Crippen LogP contribution >= 0.6 is 0 Å². The quantitative estimate of drug-likeness (QED) is 0.493. The Bertz CT molecular complexity index is 1100. The highest BCUT2D eigenvalue weighted by Gasteiger charge is 2.25. The van der Waals surface area contributed by atoms with E-state index in [2.05, 4.69) is 0 Å². The van der Waals surface area contributed by atoms with Gasteiger partial charge in [0.25, 0.3) is 0 Å². The molecular weight excluding hydrogens is 428 g/mol. The monoisotopic (exact) mass is 446 g/mol. The average molecular weight is 446 g/mol. The van der Waals surface area contributed by atoms with E-state index in [-0.39, 0.29) is 23.0 Å². The highest BCUT2D eigenvalue weighted by Crippen LogP contribution is 2.44. The average Bonchev–Trinajstić information content (AvgIpc) is 2.64. The van der Waals surface area contributed by atoms with Crippen LogP contribution in [0.1, 0.15) is 38.1 Å². The molecule has 0 atom stereocenters. The molecule has 0 spiro atoms. The standard InChI is InChI=1S/C21H18O11/c1-10(22)28-16-7-5-14(9-18(16)30-12(3)24)32-19-15(21(26)27)6-8-17(29-11(2)23)20(19)31-13(4)25/h5-9H,1-4H3,(H,26,27). The molecule has 2 rings (SSSR count). The van der Waals surface area contributed by atoms with Crippen LogP contribution in [0.15, 0.2) is 30.3 Å². The molecule has 2 aromatic rings. The highest BCUT2D eigenvalue weighted by molar-refractivity contribution is 5.93. The number of esters is 4. The summed E-state index contributed by atoms with van der Waals surface area (Å²) in [5.74, 6) is -5.94. The largest absolute Gasteiger partial charge is 0.478 e. The first-order valence-corrected chi connectivity index (χ1v) is 8.93. The van der Waals surface area contributed by atoms with Gasteiger partial charge in [0.1, 0.15) is 11.3 Å². The molecule has 0 saturated heterocycles. The Labute approximate surface area is 181 Å². The minimum absolute atomic E-state index is 0.0759. The number of hydrogen-bond donors (Lipinski definition) is 1. The third-order valence-corrected chi connectivity index (χ3v) is 3.45. The fraction of sp³-hybridized carbons (Fsp3) is 0.190. The summed E-state index contributed by atoms with van der Waals surface area (Å²) >= 11 is 0. The number of benzene rings is 2. The second-order valence-electron chi connectivity index (χ2n) is 6.16. The molecule has 11 heteroatoms. The van der Waals surface area contributed by atoms with Gasteiger partial charge in [0, 0.05) is 33.8 Å². The number of rotatable bonds is 7. The van der Waals surface area contributed by atoms with E-state index in [1.165, 1.54) is 12.1 Å². The van der Waals surface area contributed by atoms with Crippen molar-refractivity contribution in [3.8, 4) is 34.5 Å². The molecule has 0 amide bonds. The molecule has 0 bridgehead atoms. The van der Waals surface area contributed by atoms with Gasteiger partial charge in [-0.15, -0.1) is 0 Å². The zero-order chi connectivity index (χ0) is 24.0. The van der Waals surface area contributed by atoms with Crippen molar-refractivity contribution in [2.45, 2.75) is 27.7 Å². The lowest BCUT2D eigenvalue weighted by Gasteiger charge is -2.17. The first kappa shape index (κ1) is 23.9. The third kappa shape index (κ3) is 6.29. The van der Waals surface area contributed by atoms with Crippen LogP contribution in [0, 0.1) is 0 Å². The minimum atomic E-state index is -1.43. The normalized spacial score (nSPS) is 10.0. The van der Waals surface area contributed by atoms with Crippen LogP contribution in [0.25, 0.3) is 0 Å². The van der Waals surface area contributed by atoms with Gasteiger partial charge in [-0.2, -0.15) is 0 Å². The summed E-state index contributed by atoms with van der Waals surface area (Å²) in [6.07, 6.45) is 0. The van der Waals surface area contributed by atoms with Crippen molar-refractivity contribution in [3.05, 3.63) is 35.9 Å². The predicted octanol–water partition coefficient (Wildman–Crippen LogP) is 2.88. The van der Waals surface area contributed by atoms with Crippen LogP contribution in [0.2, 0.25) is 0 Å². The van der Waals surface area contributed by atoms with Crippen molar-refractivity contribution in [1.82, 2.24) is 0 Å². The number of carbonyl (C=O) groups is 5. The predicted molar refractivity (Wildman–Crippen MR) is 105 cm³/mol. The fourth-order valence-corrected chi connectivity index (χ4v) is 2.43. The number of hydrogen-bond acceptors (Lipinski definition) is 10.